The molecule has 0 saturated heterocycles. The van der Waals surface area contributed by atoms with Gasteiger partial charge in [-0.1, -0.05) is 42.5 Å². The van der Waals surface area contributed by atoms with Crippen molar-refractivity contribution in [2.75, 3.05) is 0 Å². The summed E-state index contributed by atoms with van der Waals surface area (Å²) in [6, 6.07) is 17.6. The third-order valence-electron chi connectivity index (χ3n) is 3.76. The van der Waals surface area contributed by atoms with Gasteiger partial charge in [0.1, 0.15) is 0 Å². The van der Waals surface area contributed by atoms with Crippen LogP contribution in [-0.2, 0) is 0 Å². The van der Waals surface area contributed by atoms with Crippen LogP contribution in [0.2, 0.25) is 0 Å². The quantitative estimate of drug-likeness (QED) is 0.333. The number of hydrogen-bond acceptors (Lipinski definition) is 1. The molecular weight excluding hydrogens is 316 g/mol. The van der Waals surface area contributed by atoms with Crippen LogP contribution in [0, 0.1) is 6.92 Å². The number of hydrogen-bond donors (Lipinski definition) is 0. The maximum atomic E-state index is 3.66. The lowest BCUT2D eigenvalue weighted by atomic mass is 9.99. The highest BCUT2D eigenvalue weighted by atomic mass is 79.9. The Balaban J connectivity index is 2.32. The van der Waals surface area contributed by atoms with Crippen molar-refractivity contribution < 1.29 is 0 Å². The van der Waals surface area contributed by atoms with Gasteiger partial charge in [-0.15, -0.1) is 11.3 Å². The zero-order valence-corrected chi connectivity index (χ0v) is 12.8. The fourth-order valence-corrected chi connectivity index (χ4v) is 4.48. The van der Waals surface area contributed by atoms with Crippen molar-refractivity contribution >= 4 is 58.9 Å². The second-order valence-corrected chi connectivity index (χ2v) is 7.19. The average Bonchev–Trinajstić information content (AvgIpc) is 2.74. The molecule has 0 spiro atoms. The van der Waals surface area contributed by atoms with Crippen LogP contribution in [0.25, 0.3) is 31.6 Å². The van der Waals surface area contributed by atoms with E-state index in [1.807, 2.05) is 11.3 Å². The fourth-order valence-electron chi connectivity index (χ4n) is 2.81. The summed E-state index contributed by atoms with van der Waals surface area (Å²) in [7, 11) is 0. The molecule has 2 heteroatoms. The van der Waals surface area contributed by atoms with E-state index < -0.39 is 0 Å². The first kappa shape index (κ1) is 11.4. The van der Waals surface area contributed by atoms with Crippen LogP contribution in [0.1, 0.15) is 5.56 Å². The monoisotopic (exact) mass is 326 g/mol. The summed E-state index contributed by atoms with van der Waals surface area (Å²) in [6.45, 7) is 2.19. The van der Waals surface area contributed by atoms with Gasteiger partial charge in [-0.3, -0.25) is 0 Å². The molecule has 1 heterocycles. The number of thiophene rings is 1. The standard InChI is InChI=1S/C17H11BrS/c1-10-16-14-7-6-11-4-2-3-5-12(11)13(14)8-9-15(16)19-17(10)18/h2-9H,1H3. The lowest BCUT2D eigenvalue weighted by molar-refractivity contribution is 1.58. The Morgan fingerprint density at radius 3 is 2.53 bits per heavy atom. The topological polar surface area (TPSA) is 0 Å². The predicted molar refractivity (Wildman–Crippen MR) is 89.3 cm³/mol. The third-order valence-corrected chi connectivity index (χ3v) is 5.88. The number of fused-ring (bicyclic) bond motifs is 5. The van der Waals surface area contributed by atoms with Crippen LogP contribution >= 0.6 is 27.3 Å². The fraction of sp³-hybridized carbons (Fsp3) is 0.0588. The van der Waals surface area contributed by atoms with Crippen molar-refractivity contribution in [2.45, 2.75) is 6.92 Å². The molecule has 0 unspecified atom stereocenters. The minimum Gasteiger partial charge on any atom is -0.128 e. The Bertz CT molecular complexity index is 934. The van der Waals surface area contributed by atoms with Gasteiger partial charge >= 0.3 is 0 Å². The van der Waals surface area contributed by atoms with Gasteiger partial charge in [0.2, 0.25) is 0 Å². The Kier molecular flexibility index (Phi) is 2.44. The van der Waals surface area contributed by atoms with E-state index in [1.165, 1.54) is 41.0 Å². The van der Waals surface area contributed by atoms with Crippen molar-refractivity contribution in [2.24, 2.45) is 0 Å². The molecule has 0 aliphatic rings. The first-order valence-electron chi connectivity index (χ1n) is 6.25. The Morgan fingerprint density at radius 2 is 1.63 bits per heavy atom. The van der Waals surface area contributed by atoms with Crippen molar-refractivity contribution in [1.29, 1.82) is 0 Å². The molecular formula is C17H11BrS. The van der Waals surface area contributed by atoms with E-state index in [9.17, 15) is 0 Å². The minimum atomic E-state index is 1.24. The van der Waals surface area contributed by atoms with E-state index >= 15 is 0 Å². The summed E-state index contributed by atoms with van der Waals surface area (Å²) >= 11 is 5.48. The molecule has 0 fully saturated rings. The van der Waals surface area contributed by atoms with Gasteiger partial charge in [-0.05, 0) is 56.0 Å². The zero-order valence-electron chi connectivity index (χ0n) is 10.4. The molecule has 4 rings (SSSR count). The van der Waals surface area contributed by atoms with Crippen LogP contribution in [0.15, 0.2) is 52.3 Å². The normalized spacial score (nSPS) is 11.7. The molecule has 0 N–H and O–H groups in total. The highest BCUT2D eigenvalue weighted by Gasteiger charge is 2.10. The van der Waals surface area contributed by atoms with Gasteiger partial charge in [0.25, 0.3) is 0 Å². The molecule has 0 radical (unpaired) electrons. The van der Waals surface area contributed by atoms with Gasteiger partial charge in [-0.25, -0.2) is 0 Å². The summed E-state index contributed by atoms with van der Waals surface area (Å²) in [5.74, 6) is 0. The van der Waals surface area contributed by atoms with Crippen LogP contribution in [0.4, 0.5) is 0 Å². The number of rotatable bonds is 0. The van der Waals surface area contributed by atoms with E-state index in [4.69, 9.17) is 0 Å². The van der Waals surface area contributed by atoms with Crippen LogP contribution in [0.3, 0.4) is 0 Å². The first-order chi connectivity index (χ1) is 9.25. The molecule has 0 bridgehead atoms. The van der Waals surface area contributed by atoms with Crippen molar-refractivity contribution in [1.82, 2.24) is 0 Å². The molecule has 0 aliphatic heterocycles. The third kappa shape index (κ3) is 1.57. The number of benzene rings is 3. The summed E-state index contributed by atoms with van der Waals surface area (Å²) < 4.78 is 2.59. The molecule has 0 amide bonds. The molecule has 92 valence electrons. The van der Waals surface area contributed by atoms with E-state index in [0.29, 0.717) is 0 Å². The van der Waals surface area contributed by atoms with Crippen molar-refractivity contribution in [3.63, 3.8) is 0 Å². The Hall–Kier alpha value is -1.38. The summed E-state index contributed by atoms with van der Waals surface area (Å²) in [4.78, 5) is 0. The lowest BCUT2D eigenvalue weighted by Gasteiger charge is -2.05. The largest absolute Gasteiger partial charge is 0.128 e. The van der Waals surface area contributed by atoms with Gasteiger partial charge < -0.3 is 0 Å². The zero-order chi connectivity index (χ0) is 13.0. The average molecular weight is 327 g/mol. The van der Waals surface area contributed by atoms with Gasteiger partial charge in [0.15, 0.2) is 0 Å². The second-order valence-electron chi connectivity index (χ2n) is 4.82. The van der Waals surface area contributed by atoms with Crippen molar-refractivity contribution in [3.8, 4) is 0 Å². The number of halogens is 1. The number of aryl methyl sites for hydroxylation is 1. The predicted octanol–water partition coefficient (Wildman–Crippen LogP) is 6.28. The molecule has 0 atom stereocenters. The van der Waals surface area contributed by atoms with Gasteiger partial charge in [0, 0.05) is 10.1 Å². The second kappa shape index (κ2) is 4.06. The van der Waals surface area contributed by atoms with Crippen molar-refractivity contribution in [3.05, 3.63) is 57.9 Å². The van der Waals surface area contributed by atoms with Crippen LogP contribution < -0.4 is 0 Å². The molecule has 19 heavy (non-hydrogen) atoms. The maximum absolute atomic E-state index is 3.66. The Labute approximate surface area is 123 Å². The maximum Gasteiger partial charge on any atom is 0.0740 e. The molecule has 0 saturated carbocycles. The molecule has 1 aromatic heterocycles. The molecule has 0 aliphatic carbocycles. The summed E-state index contributed by atoms with van der Waals surface area (Å²) in [5, 5.41) is 6.74. The smallest absolute Gasteiger partial charge is 0.0740 e. The van der Waals surface area contributed by atoms with E-state index in [-0.39, 0.29) is 0 Å². The van der Waals surface area contributed by atoms with Gasteiger partial charge in [-0.2, -0.15) is 0 Å². The molecule has 0 nitrogen and oxygen atoms in total. The summed E-state index contributed by atoms with van der Waals surface area (Å²) in [6.07, 6.45) is 0. The Morgan fingerprint density at radius 1 is 0.842 bits per heavy atom. The highest BCUT2D eigenvalue weighted by molar-refractivity contribution is 9.11. The van der Waals surface area contributed by atoms with Crippen LogP contribution in [-0.4, -0.2) is 0 Å². The summed E-state index contributed by atoms with van der Waals surface area (Å²) in [5.41, 5.74) is 1.35. The highest BCUT2D eigenvalue weighted by Crippen LogP contribution is 2.40. The van der Waals surface area contributed by atoms with E-state index in [2.05, 4.69) is 71.4 Å². The lowest BCUT2D eigenvalue weighted by Crippen LogP contribution is -1.79. The minimum absolute atomic E-state index is 1.24. The first-order valence-corrected chi connectivity index (χ1v) is 7.86. The van der Waals surface area contributed by atoms with E-state index in [0.717, 1.165) is 0 Å². The van der Waals surface area contributed by atoms with Gasteiger partial charge in [0.05, 0.1) is 3.79 Å². The van der Waals surface area contributed by atoms with E-state index in [1.54, 1.807) is 0 Å². The SMILES string of the molecule is Cc1c(Br)sc2ccc3c4ccccc4ccc3c12. The van der Waals surface area contributed by atoms with Crippen LogP contribution in [0.5, 0.6) is 0 Å². The molecule has 4 aromatic rings. The molecule has 3 aromatic carbocycles.